The molecule has 234 valence electrons. The fraction of sp³-hybridized carbons (Fsp3) is 0.212. The van der Waals surface area contributed by atoms with E-state index in [1.807, 2.05) is 0 Å². The molecular weight excluding hydrogens is 613 g/mol. The van der Waals surface area contributed by atoms with E-state index in [-0.39, 0.29) is 24.5 Å². The van der Waals surface area contributed by atoms with E-state index in [1.54, 1.807) is 67.6 Å². The van der Waals surface area contributed by atoms with Crippen LogP contribution in [0.15, 0.2) is 102 Å². The van der Waals surface area contributed by atoms with Gasteiger partial charge in [-0.3, -0.25) is 4.98 Å². The molecule has 13 heteroatoms. The largest absolute Gasteiger partial charge is 0.497 e. The monoisotopic (exact) mass is 641 g/mol. The summed E-state index contributed by atoms with van der Waals surface area (Å²) in [6.45, 7) is 0.929. The summed E-state index contributed by atoms with van der Waals surface area (Å²) < 4.78 is 46.9. The summed E-state index contributed by atoms with van der Waals surface area (Å²) in [7, 11) is -5.24. The number of carbonyl (C=O) groups is 2. The maximum Gasteiger partial charge on any atom is 0.366 e. The van der Waals surface area contributed by atoms with Crippen LogP contribution in [0.1, 0.15) is 24.0 Å². The minimum atomic E-state index is -5.24. The van der Waals surface area contributed by atoms with Crippen molar-refractivity contribution < 1.29 is 36.1 Å². The molecule has 2 aliphatic rings. The zero-order valence-electron chi connectivity index (χ0n) is 24.5. The van der Waals surface area contributed by atoms with Crippen molar-refractivity contribution in [2.75, 3.05) is 29.9 Å². The number of hydrogen-bond donors (Lipinski definition) is 1. The predicted octanol–water partition coefficient (Wildman–Crippen LogP) is 3.51. The summed E-state index contributed by atoms with van der Waals surface area (Å²) in [6, 6.07) is 20.8. The van der Waals surface area contributed by atoms with Crippen molar-refractivity contribution in [2.24, 2.45) is 0 Å². The number of halogens is 1. The smallest absolute Gasteiger partial charge is 0.366 e. The highest BCUT2D eigenvalue weighted by molar-refractivity contribution is 7.86. The molecule has 3 heterocycles. The van der Waals surface area contributed by atoms with Crippen molar-refractivity contribution in [2.45, 2.75) is 29.3 Å². The van der Waals surface area contributed by atoms with Gasteiger partial charge < -0.3 is 24.9 Å². The van der Waals surface area contributed by atoms with Crippen molar-refractivity contribution in [3.8, 4) is 11.8 Å². The van der Waals surface area contributed by atoms with Gasteiger partial charge in [0.25, 0.3) is 6.09 Å². The van der Waals surface area contributed by atoms with Crippen LogP contribution in [0.3, 0.4) is 0 Å². The molecule has 46 heavy (non-hydrogen) atoms. The second-order valence-electron chi connectivity index (χ2n) is 10.9. The number of piperazine rings is 1. The Bertz CT molecular complexity index is 1970. The average Bonchev–Trinajstić information content (AvgIpc) is 3.50. The summed E-state index contributed by atoms with van der Waals surface area (Å²) in [4.78, 5) is 34.2. The Morgan fingerprint density at radius 1 is 1.11 bits per heavy atom. The predicted molar refractivity (Wildman–Crippen MR) is 162 cm³/mol. The van der Waals surface area contributed by atoms with Crippen molar-refractivity contribution in [3.05, 3.63) is 114 Å². The van der Waals surface area contributed by atoms with E-state index >= 15 is 4.79 Å². The quantitative estimate of drug-likeness (QED) is 0.297. The number of nitrogens with zero attached hydrogens (tertiary/aromatic N) is 4. The van der Waals surface area contributed by atoms with Gasteiger partial charge in [0.1, 0.15) is 23.0 Å². The van der Waals surface area contributed by atoms with Gasteiger partial charge in [-0.05, 0) is 61.0 Å². The molecule has 1 aromatic heterocycles. The van der Waals surface area contributed by atoms with Gasteiger partial charge in [0, 0.05) is 41.8 Å². The normalized spacial score (nSPS) is 24.0. The molecule has 0 radical (unpaired) electrons. The zero-order valence-corrected chi connectivity index (χ0v) is 25.4. The molecule has 0 bridgehead atoms. The van der Waals surface area contributed by atoms with Crippen LogP contribution in [-0.2, 0) is 20.4 Å². The number of amides is 2. The second-order valence-corrected chi connectivity index (χ2v) is 12.9. The number of pyridine rings is 1. The van der Waals surface area contributed by atoms with Crippen molar-refractivity contribution >= 4 is 33.4 Å². The van der Waals surface area contributed by atoms with Crippen LogP contribution in [0.5, 0.6) is 5.75 Å². The fourth-order valence-corrected chi connectivity index (χ4v) is 8.47. The van der Waals surface area contributed by atoms with E-state index in [1.165, 1.54) is 17.3 Å². The van der Waals surface area contributed by atoms with Crippen LogP contribution in [0.25, 0.3) is 0 Å². The highest BCUT2D eigenvalue weighted by Crippen LogP contribution is 2.56. The lowest BCUT2D eigenvalue weighted by Crippen LogP contribution is -2.81. The minimum absolute atomic E-state index is 0.0644. The SMILES string of the molecule is CCOc1ccccc1C1(C2CNc3ccccc32)C(=O)[N+](C(=O)[O-])(S(=O)(=O)c2ccc(F)cc2)CC(C#N)N1c1ccncc1. The molecule has 0 saturated carbocycles. The van der Waals surface area contributed by atoms with Gasteiger partial charge >= 0.3 is 15.9 Å². The number of imide groups is 1. The molecule has 0 spiro atoms. The molecule has 1 fully saturated rings. The van der Waals surface area contributed by atoms with Gasteiger partial charge in [-0.2, -0.15) is 13.7 Å². The summed E-state index contributed by atoms with van der Waals surface area (Å²) in [5.74, 6) is -2.83. The lowest BCUT2D eigenvalue weighted by molar-refractivity contribution is -0.693. The Labute approximate surface area is 264 Å². The third-order valence-electron chi connectivity index (χ3n) is 8.62. The first-order chi connectivity index (χ1) is 22.1. The van der Waals surface area contributed by atoms with Crippen LogP contribution >= 0.6 is 0 Å². The molecule has 1 N–H and O–H groups in total. The van der Waals surface area contributed by atoms with Gasteiger partial charge in [0.15, 0.2) is 11.6 Å². The van der Waals surface area contributed by atoms with E-state index in [2.05, 4.69) is 16.4 Å². The number of nitrogens with one attached hydrogen (secondary N) is 1. The minimum Gasteiger partial charge on any atom is -0.497 e. The molecule has 2 aliphatic heterocycles. The van der Waals surface area contributed by atoms with Crippen molar-refractivity contribution in [1.82, 2.24) is 4.98 Å². The lowest BCUT2D eigenvalue weighted by Gasteiger charge is -2.55. The van der Waals surface area contributed by atoms with Crippen molar-refractivity contribution in [1.29, 1.82) is 5.26 Å². The number of quaternary nitrogens is 1. The molecule has 11 nitrogen and oxygen atoms in total. The first-order valence-corrected chi connectivity index (χ1v) is 15.9. The molecule has 6 rings (SSSR count). The number of rotatable bonds is 7. The van der Waals surface area contributed by atoms with Crippen LogP contribution in [0.4, 0.5) is 20.6 Å². The fourth-order valence-electron chi connectivity index (χ4n) is 6.74. The molecular formula is C33H28FN5O6S. The van der Waals surface area contributed by atoms with Crippen molar-refractivity contribution in [3.63, 3.8) is 0 Å². The molecule has 4 atom stereocenters. The Kier molecular flexibility index (Phi) is 7.71. The van der Waals surface area contributed by atoms with E-state index < -0.39 is 60.7 Å². The number of fused-ring (bicyclic) bond motifs is 1. The third-order valence-corrected chi connectivity index (χ3v) is 10.8. The Morgan fingerprint density at radius 3 is 2.46 bits per heavy atom. The number of para-hydroxylation sites is 2. The number of benzene rings is 3. The number of anilines is 2. The molecule has 3 aromatic carbocycles. The average molecular weight is 642 g/mol. The molecule has 1 saturated heterocycles. The number of nitriles is 1. The maximum atomic E-state index is 15.7. The summed E-state index contributed by atoms with van der Waals surface area (Å²) >= 11 is 0. The molecule has 0 aliphatic carbocycles. The number of ether oxygens (including phenoxy) is 1. The Balaban J connectivity index is 1.79. The topological polar surface area (TPSA) is 153 Å². The van der Waals surface area contributed by atoms with E-state index in [4.69, 9.17) is 4.74 Å². The standard InChI is InChI=1S/C33H28FN5O6S/c1-2-45-30-10-6-4-8-27(30)33(28-20-37-29-9-5-3-7-26(28)29)31(40)39(32(41)42,46(43,44)25-13-11-22(34)12-14-25)21-24(19-35)38(33)23-15-17-36-18-16-23/h3-18,24,28,37H,2,20-21H2,1H3. The third kappa shape index (κ3) is 4.33. The van der Waals surface area contributed by atoms with E-state index in [0.717, 1.165) is 24.3 Å². The number of carboxylic acid groups (broad SMARTS) is 1. The van der Waals surface area contributed by atoms with Crippen LogP contribution < -0.4 is 20.1 Å². The first kappa shape index (κ1) is 30.7. The molecule has 2 amide bonds. The van der Waals surface area contributed by atoms with Crippen LogP contribution in [0.2, 0.25) is 0 Å². The van der Waals surface area contributed by atoms with Gasteiger partial charge in [-0.25, -0.2) is 9.18 Å². The molecule has 4 aromatic rings. The van der Waals surface area contributed by atoms with Gasteiger partial charge in [-0.15, -0.1) is 0 Å². The van der Waals surface area contributed by atoms with Gasteiger partial charge in [-0.1, -0.05) is 40.3 Å². The Hall–Kier alpha value is -5.32. The van der Waals surface area contributed by atoms with Crippen LogP contribution in [-0.4, -0.2) is 55.0 Å². The van der Waals surface area contributed by atoms with Crippen LogP contribution in [0, 0.1) is 17.1 Å². The van der Waals surface area contributed by atoms with E-state index in [9.17, 15) is 28.0 Å². The highest BCUT2D eigenvalue weighted by atomic mass is 32.2. The molecule has 4 unspecified atom stereocenters. The summed E-state index contributed by atoms with van der Waals surface area (Å²) in [5.41, 5.74) is -0.495. The first-order valence-electron chi connectivity index (χ1n) is 14.4. The summed E-state index contributed by atoms with van der Waals surface area (Å²) in [5, 5.41) is 27.5. The number of sulfonamides is 1. The number of carbonyl (C=O) groups excluding carboxylic acids is 2. The lowest BCUT2D eigenvalue weighted by atomic mass is 9.70. The Morgan fingerprint density at radius 2 is 1.78 bits per heavy atom. The summed E-state index contributed by atoms with van der Waals surface area (Å²) in [6.07, 6.45) is 0.666. The number of aromatic nitrogens is 1. The van der Waals surface area contributed by atoms with Gasteiger partial charge in [0.2, 0.25) is 0 Å². The van der Waals surface area contributed by atoms with E-state index in [0.29, 0.717) is 16.9 Å². The number of hydrogen-bond acceptors (Lipinski definition) is 10. The second kappa shape index (κ2) is 11.6. The highest BCUT2D eigenvalue weighted by Gasteiger charge is 2.73. The maximum absolute atomic E-state index is 15.7. The van der Waals surface area contributed by atoms with Gasteiger partial charge in [0.05, 0.1) is 12.7 Å². The zero-order chi connectivity index (χ0) is 32.7.